The van der Waals surface area contributed by atoms with Crippen LogP contribution in [0.25, 0.3) is 0 Å². The topological polar surface area (TPSA) is 150 Å². The zero-order valence-electron chi connectivity index (χ0n) is 39.8. The number of methoxy groups -OCH3 is 3. The van der Waals surface area contributed by atoms with Crippen molar-refractivity contribution in [2.75, 3.05) is 95.2 Å². The number of para-hydroxylation sites is 2. The summed E-state index contributed by atoms with van der Waals surface area (Å²) in [5, 5.41) is 7.48. The number of anilines is 3. The normalized spacial score (nSPS) is 24.0. The lowest BCUT2D eigenvalue weighted by atomic mass is 9.86. The molecule has 2 N–H and O–H groups in total. The first-order valence-corrected chi connectivity index (χ1v) is 24.4. The number of fused-ring (bicyclic) bond motifs is 8. The first kappa shape index (κ1) is 47.6. The summed E-state index contributed by atoms with van der Waals surface area (Å²) in [5.74, 6) is 2.57. The van der Waals surface area contributed by atoms with Crippen molar-refractivity contribution < 1.29 is 47.5 Å². The number of nitrogens with one attached hydrogen (secondary N) is 2. The summed E-state index contributed by atoms with van der Waals surface area (Å²) >= 11 is 0. The van der Waals surface area contributed by atoms with E-state index in [0.29, 0.717) is 109 Å². The van der Waals surface area contributed by atoms with Crippen LogP contribution in [0.15, 0.2) is 89.8 Å². The number of ether oxygens (including phenoxy) is 7. The van der Waals surface area contributed by atoms with E-state index in [2.05, 4.69) is 58.0 Å². The predicted molar refractivity (Wildman–Crippen MR) is 257 cm³/mol. The van der Waals surface area contributed by atoms with Crippen LogP contribution in [-0.2, 0) is 73.6 Å². The van der Waals surface area contributed by atoms with Gasteiger partial charge in [-0.25, -0.2) is 0 Å². The van der Waals surface area contributed by atoms with Crippen LogP contribution < -0.4 is 25.3 Å². The molecule has 15 heteroatoms. The largest absolute Gasteiger partial charge is 0.498 e. The molecule has 0 radical (unpaired) electrons. The van der Waals surface area contributed by atoms with Crippen molar-refractivity contribution in [1.29, 1.82) is 0 Å². The summed E-state index contributed by atoms with van der Waals surface area (Å²) in [6.45, 7) is 5.60. The molecule has 4 heterocycles. The van der Waals surface area contributed by atoms with Gasteiger partial charge in [-0.3, -0.25) is 9.59 Å². The number of nitrogens with zero attached hydrogens (tertiary/aromatic N) is 3. The minimum atomic E-state index is -0.277. The highest BCUT2D eigenvalue weighted by molar-refractivity contribution is 5.99. The second kappa shape index (κ2) is 22.3. The van der Waals surface area contributed by atoms with E-state index >= 15 is 0 Å². The molecule has 68 heavy (non-hydrogen) atoms. The van der Waals surface area contributed by atoms with Crippen LogP contribution >= 0.6 is 0 Å². The number of hydrogen-bond acceptors (Lipinski definition) is 13. The highest BCUT2D eigenvalue weighted by atomic mass is 16.5. The van der Waals surface area contributed by atoms with Gasteiger partial charge < -0.3 is 63.3 Å². The number of unbranched alkanes of at least 4 members (excludes halogenated alkanes) is 1. The van der Waals surface area contributed by atoms with Gasteiger partial charge in [0.15, 0.2) is 0 Å². The molecule has 9 rings (SSSR count). The van der Waals surface area contributed by atoms with Gasteiger partial charge in [-0.1, -0.05) is 36.4 Å². The second-order valence-electron chi connectivity index (χ2n) is 18.6. The smallest absolute Gasteiger partial charge is 0.232 e. The van der Waals surface area contributed by atoms with E-state index in [1.807, 2.05) is 34.1 Å². The molecule has 0 bridgehead atoms. The monoisotopic (exact) mass is 933 g/mol. The Balaban J connectivity index is 0.934. The van der Waals surface area contributed by atoms with Gasteiger partial charge in [0, 0.05) is 94.5 Å². The van der Waals surface area contributed by atoms with Crippen LogP contribution in [0, 0.1) is 11.8 Å². The van der Waals surface area contributed by atoms with Crippen molar-refractivity contribution in [3.05, 3.63) is 112 Å². The number of carbonyl (C=O) groups excluding carboxylic acids is 3. The average molecular weight is 934 g/mol. The Morgan fingerprint density at radius 1 is 0.618 bits per heavy atom. The molecule has 0 spiro atoms. The fourth-order valence-electron chi connectivity index (χ4n) is 11.0. The molecule has 15 nitrogen and oxygen atoms in total. The Kier molecular flexibility index (Phi) is 15.6. The van der Waals surface area contributed by atoms with Crippen molar-refractivity contribution in [3.63, 3.8) is 0 Å². The van der Waals surface area contributed by atoms with E-state index in [-0.39, 0.29) is 61.0 Å². The Bertz CT molecular complexity index is 2200. The highest BCUT2D eigenvalue weighted by Crippen LogP contribution is 2.42. The number of aldehydes is 1. The molecule has 6 atom stereocenters. The second-order valence-corrected chi connectivity index (χ2v) is 18.6. The first-order valence-electron chi connectivity index (χ1n) is 24.4. The minimum Gasteiger partial charge on any atom is -0.498 e. The molecule has 0 saturated carbocycles. The molecule has 3 aromatic rings. The Hall–Kier alpha value is -5.45. The maximum atomic E-state index is 14.2. The fraction of sp³-hybridized carbons (Fsp3) is 0.528. The van der Waals surface area contributed by atoms with Gasteiger partial charge in [-0.2, -0.15) is 0 Å². The van der Waals surface area contributed by atoms with Gasteiger partial charge in [0.25, 0.3) is 0 Å². The minimum absolute atomic E-state index is 0.0749. The molecular weight excluding hydrogens is 867 g/mol. The Morgan fingerprint density at radius 2 is 1.13 bits per heavy atom. The molecule has 3 aromatic carbocycles. The van der Waals surface area contributed by atoms with Gasteiger partial charge in [0.1, 0.15) is 42.5 Å². The Morgan fingerprint density at radius 3 is 1.65 bits per heavy atom. The Labute approximate surface area is 400 Å². The fourth-order valence-corrected chi connectivity index (χ4v) is 11.0. The molecule has 2 fully saturated rings. The van der Waals surface area contributed by atoms with Crippen molar-refractivity contribution in [2.24, 2.45) is 11.8 Å². The molecule has 0 aromatic heterocycles. The molecule has 2 amide bonds. The number of benzene rings is 3. The lowest BCUT2D eigenvalue weighted by Crippen LogP contribution is -2.44. The zero-order chi connectivity index (χ0) is 47.0. The van der Waals surface area contributed by atoms with Crippen LogP contribution in [0.5, 0.6) is 0 Å². The number of allylic oxidation sites excluding steroid dienone is 2. The van der Waals surface area contributed by atoms with Crippen LogP contribution in [0.2, 0.25) is 0 Å². The van der Waals surface area contributed by atoms with Crippen molar-refractivity contribution in [2.45, 2.75) is 88.7 Å². The number of amides is 2. The van der Waals surface area contributed by atoms with Crippen LogP contribution in [0.1, 0.15) is 60.8 Å². The third kappa shape index (κ3) is 10.4. The molecular formula is C53H67N5O10. The van der Waals surface area contributed by atoms with Gasteiger partial charge in [-0.05, 0) is 71.8 Å². The van der Waals surface area contributed by atoms with Gasteiger partial charge in [-0.15, -0.1) is 0 Å². The maximum absolute atomic E-state index is 14.2. The lowest BCUT2D eigenvalue weighted by molar-refractivity contribution is -0.124. The van der Waals surface area contributed by atoms with Crippen molar-refractivity contribution in [3.8, 4) is 0 Å². The third-order valence-corrected chi connectivity index (χ3v) is 14.5. The number of carbonyl (C=O) groups is 3. The highest BCUT2D eigenvalue weighted by Gasteiger charge is 2.47. The van der Waals surface area contributed by atoms with E-state index in [1.165, 1.54) is 11.1 Å². The van der Waals surface area contributed by atoms with E-state index in [4.69, 9.17) is 33.2 Å². The third-order valence-electron chi connectivity index (χ3n) is 14.5. The molecule has 4 aliphatic heterocycles. The van der Waals surface area contributed by atoms with Gasteiger partial charge in [0.2, 0.25) is 11.8 Å². The van der Waals surface area contributed by atoms with Crippen molar-refractivity contribution in [1.82, 2.24) is 10.6 Å². The molecule has 2 aliphatic carbocycles. The number of rotatable bonds is 22. The number of hydrogen-bond donors (Lipinski definition) is 2. The summed E-state index contributed by atoms with van der Waals surface area (Å²) in [7, 11) is 4.96. The van der Waals surface area contributed by atoms with Crippen LogP contribution in [0.4, 0.5) is 17.1 Å². The summed E-state index contributed by atoms with van der Waals surface area (Å²) in [6.07, 6.45) is 5.70. The molecule has 364 valence electrons. The molecule has 0 unspecified atom stereocenters. The van der Waals surface area contributed by atoms with E-state index in [0.717, 1.165) is 58.8 Å². The SMILES string of the molecule is COCCOCCOCCN(CCCC=O)c1cc(COC2=C(OC)C[C@H]3C(=O)N4c5ccccc5C[C@H]4CN[C@H]3C2)cc(COC2=C(OC)C[C@@H]3C(=O)N4c5ccccc5C[C@H]4CN[C@@H]3C2)c1. The first-order chi connectivity index (χ1) is 33.4. The van der Waals surface area contributed by atoms with Gasteiger partial charge >= 0.3 is 0 Å². The summed E-state index contributed by atoms with van der Waals surface area (Å²) in [6, 6.07) is 22.8. The predicted octanol–water partition coefficient (Wildman–Crippen LogP) is 5.58. The quantitative estimate of drug-likeness (QED) is 0.0955. The van der Waals surface area contributed by atoms with E-state index in [9.17, 15) is 14.4 Å². The summed E-state index contributed by atoms with van der Waals surface area (Å²) < 4.78 is 42.1. The van der Waals surface area contributed by atoms with Crippen LogP contribution in [-0.4, -0.2) is 123 Å². The summed E-state index contributed by atoms with van der Waals surface area (Å²) in [4.78, 5) is 46.2. The lowest BCUT2D eigenvalue weighted by Gasteiger charge is -2.33. The maximum Gasteiger partial charge on any atom is 0.232 e. The van der Waals surface area contributed by atoms with Crippen molar-refractivity contribution >= 4 is 35.2 Å². The summed E-state index contributed by atoms with van der Waals surface area (Å²) in [5.41, 5.74) is 7.27. The van der Waals surface area contributed by atoms with Crippen LogP contribution in [0.3, 0.4) is 0 Å². The standard InChI is InChI=1S/C53H67N5O10/c1-62-18-19-66-21-20-65-17-15-56(14-8-9-16-59)39-23-35(33-67-50-29-44-42(27-48(50)63-2)52(60)57-40(31-54-44)25-37-10-4-6-12-46(37)57)22-36(24-39)34-68-51-30-45-43(28-49(51)64-3)53(61)58-41(32-55-45)26-38-11-5-7-13-47(38)58/h4-7,10-13,16,22-24,40-45,54-55H,8-9,14-15,17-21,25-34H2,1-3H3/t40-,41-,42-,43+,44+,45-/m0/s1. The van der Waals surface area contributed by atoms with Gasteiger partial charge in [0.05, 0.1) is 71.2 Å². The van der Waals surface area contributed by atoms with E-state index in [1.54, 1.807) is 21.3 Å². The zero-order valence-corrected chi connectivity index (χ0v) is 39.8. The molecule has 6 aliphatic rings. The average Bonchev–Trinajstić information content (AvgIpc) is 3.86. The molecule has 2 saturated heterocycles. The van der Waals surface area contributed by atoms with E-state index < -0.39 is 0 Å².